The lowest BCUT2D eigenvalue weighted by atomic mass is 10.2. The predicted molar refractivity (Wildman–Crippen MR) is 81.3 cm³/mol. The van der Waals surface area contributed by atoms with Crippen molar-refractivity contribution in [1.29, 1.82) is 0 Å². The van der Waals surface area contributed by atoms with Crippen LogP contribution in [0.3, 0.4) is 0 Å². The first-order valence-electron chi connectivity index (χ1n) is 7.15. The summed E-state index contributed by atoms with van der Waals surface area (Å²) in [6.45, 7) is 6.63. The minimum atomic E-state index is -0.487. The fourth-order valence-corrected chi connectivity index (χ4v) is 1.89. The number of hydrogen-bond acceptors (Lipinski definition) is 5. The Morgan fingerprint density at radius 1 is 1.36 bits per heavy atom. The highest BCUT2D eigenvalue weighted by atomic mass is 16.6. The van der Waals surface area contributed by atoms with Gasteiger partial charge in [0.15, 0.2) is 0 Å². The van der Waals surface area contributed by atoms with Gasteiger partial charge in [-0.05, 0) is 26.8 Å². The van der Waals surface area contributed by atoms with E-state index in [-0.39, 0.29) is 0 Å². The highest BCUT2D eigenvalue weighted by Crippen LogP contribution is 2.07. The maximum atomic E-state index is 11.6. The molecule has 0 aromatic carbocycles. The summed E-state index contributed by atoms with van der Waals surface area (Å²) >= 11 is 0. The minimum absolute atomic E-state index is 0.408. The second-order valence-corrected chi connectivity index (χ2v) is 5.89. The van der Waals surface area contributed by atoms with Crippen molar-refractivity contribution in [2.24, 2.45) is 0 Å². The van der Waals surface area contributed by atoms with Gasteiger partial charge in [0.05, 0.1) is 18.6 Å². The molecule has 0 aliphatic carbocycles. The quantitative estimate of drug-likeness (QED) is 0.910. The van der Waals surface area contributed by atoms with E-state index in [4.69, 9.17) is 4.74 Å². The number of carbonyl (C=O) groups excluding carboxylic acids is 1. The Bertz CT molecular complexity index is 604. The molecule has 2 rings (SSSR count). The van der Waals surface area contributed by atoms with Crippen LogP contribution in [0.25, 0.3) is 0 Å². The van der Waals surface area contributed by atoms with Crippen molar-refractivity contribution in [3.63, 3.8) is 0 Å². The smallest absolute Gasteiger partial charge is 0.407 e. The van der Waals surface area contributed by atoms with E-state index in [1.54, 1.807) is 18.7 Å². The summed E-state index contributed by atoms with van der Waals surface area (Å²) in [4.78, 5) is 23.8. The number of nitrogens with zero attached hydrogens (tertiary/aromatic N) is 4. The fourth-order valence-electron chi connectivity index (χ4n) is 1.89. The zero-order valence-corrected chi connectivity index (χ0v) is 13.1. The molecule has 7 nitrogen and oxygen atoms in total. The number of aromatic nitrogens is 4. The summed E-state index contributed by atoms with van der Waals surface area (Å²) in [5, 5.41) is 2.74. The van der Waals surface area contributed by atoms with Gasteiger partial charge < -0.3 is 14.6 Å². The largest absolute Gasteiger partial charge is 0.444 e. The Hall–Kier alpha value is -2.44. The van der Waals surface area contributed by atoms with Gasteiger partial charge in [0, 0.05) is 31.1 Å². The second-order valence-electron chi connectivity index (χ2n) is 5.89. The molecule has 2 heterocycles. The monoisotopic (exact) mass is 303 g/mol. The van der Waals surface area contributed by atoms with Crippen LogP contribution in [0.15, 0.2) is 31.1 Å². The molecule has 0 atom stereocenters. The number of rotatable bonds is 5. The van der Waals surface area contributed by atoms with Crippen molar-refractivity contribution in [2.75, 3.05) is 6.54 Å². The molecule has 0 aliphatic heterocycles. The van der Waals surface area contributed by atoms with E-state index >= 15 is 0 Å². The topological polar surface area (TPSA) is 81.9 Å². The Morgan fingerprint density at radius 2 is 2.18 bits per heavy atom. The van der Waals surface area contributed by atoms with Crippen LogP contribution in [-0.2, 0) is 17.7 Å². The molecule has 0 fully saturated rings. The lowest BCUT2D eigenvalue weighted by Gasteiger charge is -2.19. The molecule has 0 saturated heterocycles. The molecule has 0 radical (unpaired) electrons. The third-order valence-electron chi connectivity index (χ3n) is 2.82. The number of hydrogen-bond donors (Lipinski definition) is 1. The molecule has 2 aromatic heterocycles. The molecule has 1 amide bonds. The highest BCUT2D eigenvalue weighted by Gasteiger charge is 2.15. The van der Waals surface area contributed by atoms with Gasteiger partial charge in [-0.15, -0.1) is 0 Å². The van der Waals surface area contributed by atoms with Crippen LogP contribution < -0.4 is 5.32 Å². The molecule has 0 unspecified atom stereocenters. The third kappa shape index (κ3) is 5.16. The number of imidazole rings is 1. The molecule has 0 aliphatic rings. The van der Waals surface area contributed by atoms with E-state index in [9.17, 15) is 4.79 Å². The minimum Gasteiger partial charge on any atom is -0.444 e. The SMILES string of the molecule is CC(C)(C)OC(=O)NCCc1cncn1Cc1ccncn1. The van der Waals surface area contributed by atoms with E-state index < -0.39 is 11.7 Å². The van der Waals surface area contributed by atoms with E-state index in [0.29, 0.717) is 19.5 Å². The first kappa shape index (κ1) is 15.9. The van der Waals surface area contributed by atoms with E-state index in [1.165, 1.54) is 6.33 Å². The summed E-state index contributed by atoms with van der Waals surface area (Å²) in [6, 6.07) is 1.86. The van der Waals surface area contributed by atoms with Crippen molar-refractivity contribution in [3.05, 3.63) is 42.5 Å². The highest BCUT2D eigenvalue weighted by molar-refractivity contribution is 5.67. The maximum Gasteiger partial charge on any atom is 0.407 e. The number of amides is 1. The maximum absolute atomic E-state index is 11.6. The summed E-state index contributed by atoms with van der Waals surface area (Å²) < 4.78 is 7.19. The third-order valence-corrected chi connectivity index (χ3v) is 2.82. The number of alkyl carbamates (subject to hydrolysis) is 1. The van der Waals surface area contributed by atoms with Gasteiger partial charge >= 0.3 is 6.09 Å². The van der Waals surface area contributed by atoms with Crippen molar-refractivity contribution in [3.8, 4) is 0 Å². The van der Waals surface area contributed by atoms with Crippen LogP contribution in [0, 0.1) is 0 Å². The first-order chi connectivity index (χ1) is 10.4. The van der Waals surface area contributed by atoms with Crippen LogP contribution in [0.4, 0.5) is 4.79 Å². The van der Waals surface area contributed by atoms with Gasteiger partial charge in [0.1, 0.15) is 11.9 Å². The normalized spacial score (nSPS) is 11.2. The molecule has 118 valence electrons. The molecule has 0 spiro atoms. The average Bonchev–Trinajstić information content (AvgIpc) is 2.85. The summed E-state index contributed by atoms with van der Waals surface area (Å²) in [7, 11) is 0. The van der Waals surface area contributed by atoms with Crippen LogP contribution in [0.1, 0.15) is 32.2 Å². The summed E-state index contributed by atoms with van der Waals surface area (Å²) in [5.41, 5.74) is 1.45. The van der Waals surface area contributed by atoms with E-state index in [1.807, 2.05) is 31.4 Å². The van der Waals surface area contributed by atoms with Crippen LogP contribution >= 0.6 is 0 Å². The molecular weight excluding hydrogens is 282 g/mol. The van der Waals surface area contributed by atoms with Crippen LogP contribution in [0.2, 0.25) is 0 Å². The molecule has 0 saturated carbocycles. The van der Waals surface area contributed by atoms with Gasteiger partial charge in [-0.3, -0.25) is 0 Å². The molecule has 2 aromatic rings. The van der Waals surface area contributed by atoms with Gasteiger partial charge in [-0.2, -0.15) is 0 Å². The lowest BCUT2D eigenvalue weighted by molar-refractivity contribution is 0.0528. The van der Waals surface area contributed by atoms with Crippen molar-refractivity contribution < 1.29 is 9.53 Å². The number of nitrogens with one attached hydrogen (secondary N) is 1. The van der Waals surface area contributed by atoms with Crippen molar-refractivity contribution >= 4 is 6.09 Å². The van der Waals surface area contributed by atoms with E-state index in [0.717, 1.165) is 11.4 Å². The van der Waals surface area contributed by atoms with Crippen LogP contribution in [-0.4, -0.2) is 37.8 Å². The molecule has 22 heavy (non-hydrogen) atoms. The van der Waals surface area contributed by atoms with Crippen molar-refractivity contribution in [1.82, 2.24) is 24.8 Å². The molecular formula is C15H21N5O2. The van der Waals surface area contributed by atoms with Gasteiger partial charge in [-0.1, -0.05) is 0 Å². The first-order valence-corrected chi connectivity index (χ1v) is 7.15. The second kappa shape index (κ2) is 7.02. The van der Waals surface area contributed by atoms with Crippen LogP contribution in [0.5, 0.6) is 0 Å². The molecule has 0 bridgehead atoms. The Kier molecular flexibility index (Phi) is 5.08. The average molecular weight is 303 g/mol. The zero-order chi connectivity index (χ0) is 16.0. The Balaban J connectivity index is 1.84. The van der Waals surface area contributed by atoms with Crippen molar-refractivity contribution in [2.45, 2.75) is 39.3 Å². The standard InChI is InChI=1S/C15H21N5O2/c1-15(2,3)22-14(21)18-7-5-13-8-17-11-20(13)9-12-4-6-16-10-19-12/h4,6,8,10-11H,5,7,9H2,1-3H3,(H,18,21). The zero-order valence-electron chi connectivity index (χ0n) is 13.1. The van der Waals surface area contributed by atoms with Gasteiger partial charge in [-0.25, -0.2) is 19.7 Å². The number of carbonyl (C=O) groups is 1. The molecule has 1 N–H and O–H groups in total. The van der Waals surface area contributed by atoms with Gasteiger partial charge in [0.25, 0.3) is 0 Å². The number of ether oxygens (including phenoxy) is 1. The Labute approximate surface area is 129 Å². The van der Waals surface area contributed by atoms with Gasteiger partial charge in [0.2, 0.25) is 0 Å². The molecule has 7 heteroatoms. The summed E-state index contributed by atoms with van der Waals surface area (Å²) in [6.07, 6.45) is 7.04. The fraction of sp³-hybridized carbons (Fsp3) is 0.467. The van der Waals surface area contributed by atoms with E-state index in [2.05, 4.69) is 20.3 Å². The summed E-state index contributed by atoms with van der Waals surface area (Å²) in [5.74, 6) is 0. The Morgan fingerprint density at radius 3 is 2.86 bits per heavy atom. The predicted octanol–water partition coefficient (Wildman–Crippen LogP) is 1.79. The lowest BCUT2D eigenvalue weighted by Crippen LogP contribution is -2.33.